The van der Waals surface area contributed by atoms with Gasteiger partial charge in [0.25, 0.3) is 0 Å². The summed E-state index contributed by atoms with van der Waals surface area (Å²) in [5, 5.41) is 0. The lowest BCUT2D eigenvalue weighted by atomic mass is 9.90. The summed E-state index contributed by atoms with van der Waals surface area (Å²) in [7, 11) is 0. The highest BCUT2D eigenvalue weighted by atomic mass is 79.9. The molecule has 1 aromatic rings. The van der Waals surface area contributed by atoms with Crippen LogP contribution in [0.1, 0.15) is 36.6 Å². The van der Waals surface area contributed by atoms with E-state index in [4.69, 9.17) is 0 Å². The van der Waals surface area contributed by atoms with Crippen LogP contribution >= 0.6 is 15.9 Å². The van der Waals surface area contributed by atoms with Gasteiger partial charge in [0.1, 0.15) is 5.82 Å². The molecular weight excluding hydrogens is 293 g/mol. The zero-order valence-corrected chi connectivity index (χ0v) is 11.1. The number of benzene rings is 1. The van der Waals surface area contributed by atoms with Gasteiger partial charge in [0, 0.05) is 16.5 Å². The van der Waals surface area contributed by atoms with Crippen LogP contribution in [0.5, 0.6) is 0 Å². The summed E-state index contributed by atoms with van der Waals surface area (Å²) in [6, 6.07) is 1.59. The molecule has 3 atom stereocenters. The number of alkyl halides is 1. The maximum Gasteiger partial charge on any atom is 0.161 e. The Morgan fingerprint density at radius 2 is 1.76 bits per heavy atom. The second kappa shape index (κ2) is 5.01. The third-order valence-electron chi connectivity index (χ3n) is 3.64. The van der Waals surface area contributed by atoms with Crippen LogP contribution in [0, 0.1) is 29.3 Å². The minimum Gasteiger partial charge on any atom is -0.207 e. The Hall–Kier alpha value is -0.510. The maximum absolute atomic E-state index is 13.6. The number of hydrogen-bond donors (Lipinski definition) is 0. The van der Waals surface area contributed by atoms with Crippen LogP contribution in [0.15, 0.2) is 12.1 Å². The van der Waals surface area contributed by atoms with Gasteiger partial charge in [-0.2, -0.15) is 0 Å². The molecule has 17 heavy (non-hydrogen) atoms. The van der Waals surface area contributed by atoms with E-state index in [0.717, 1.165) is 25.3 Å². The summed E-state index contributed by atoms with van der Waals surface area (Å²) < 4.78 is 39.6. The lowest BCUT2D eigenvalue weighted by Gasteiger charge is -2.22. The SMILES string of the molecule is CC1CCCC1C(Br)c1cc(F)c(F)cc1F. The summed E-state index contributed by atoms with van der Waals surface area (Å²) in [6.07, 6.45) is 3.22. The van der Waals surface area contributed by atoms with Gasteiger partial charge in [0.15, 0.2) is 11.6 Å². The van der Waals surface area contributed by atoms with Crippen molar-refractivity contribution in [2.24, 2.45) is 11.8 Å². The fourth-order valence-corrected chi connectivity index (χ4v) is 3.73. The van der Waals surface area contributed by atoms with Gasteiger partial charge in [0.2, 0.25) is 0 Å². The molecule has 3 unspecified atom stereocenters. The highest BCUT2D eigenvalue weighted by molar-refractivity contribution is 9.09. The normalized spacial score (nSPS) is 26.2. The van der Waals surface area contributed by atoms with Gasteiger partial charge in [-0.15, -0.1) is 0 Å². The molecule has 0 amide bonds. The molecule has 1 saturated carbocycles. The van der Waals surface area contributed by atoms with Crippen molar-refractivity contribution in [3.8, 4) is 0 Å². The summed E-state index contributed by atoms with van der Waals surface area (Å²) in [4.78, 5) is -0.241. The lowest BCUT2D eigenvalue weighted by Crippen LogP contribution is -2.12. The van der Waals surface area contributed by atoms with Crippen molar-refractivity contribution >= 4 is 15.9 Å². The first-order valence-electron chi connectivity index (χ1n) is 5.79. The van der Waals surface area contributed by atoms with E-state index in [-0.39, 0.29) is 16.3 Å². The van der Waals surface area contributed by atoms with Gasteiger partial charge in [-0.1, -0.05) is 35.7 Å². The van der Waals surface area contributed by atoms with Crippen LogP contribution in [0.4, 0.5) is 13.2 Å². The zero-order valence-electron chi connectivity index (χ0n) is 9.52. The minimum absolute atomic E-state index is 0.225. The molecule has 0 N–H and O–H groups in total. The molecule has 1 fully saturated rings. The van der Waals surface area contributed by atoms with Crippen molar-refractivity contribution in [3.63, 3.8) is 0 Å². The summed E-state index contributed by atoms with van der Waals surface area (Å²) in [6.45, 7) is 2.11. The number of halogens is 4. The van der Waals surface area contributed by atoms with Gasteiger partial charge in [-0.05, 0) is 24.3 Å². The van der Waals surface area contributed by atoms with Crippen LogP contribution in [-0.4, -0.2) is 0 Å². The van der Waals surface area contributed by atoms with Crippen LogP contribution in [0.2, 0.25) is 0 Å². The highest BCUT2D eigenvalue weighted by Crippen LogP contribution is 2.45. The van der Waals surface area contributed by atoms with Gasteiger partial charge < -0.3 is 0 Å². The second-order valence-electron chi connectivity index (χ2n) is 4.76. The largest absolute Gasteiger partial charge is 0.207 e. The molecule has 0 nitrogen and oxygen atoms in total. The Balaban J connectivity index is 2.30. The van der Waals surface area contributed by atoms with Crippen LogP contribution in [0.25, 0.3) is 0 Å². The average Bonchev–Trinajstić information content (AvgIpc) is 2.69. The quantitative estimate of drug-likeness (QED) is 0.534. The predicted molar refractivity (Wildman–Crippen MR) is 64.5 cm³/mol. The lowest BCUT2D eigenvalue weighted by molar-refractivity contribution is 0.403. The Kier molecular flexibility index (Phi) is 3.81. The van der Waals surface area contributed by atoms with Crippen molar-refractivity contribution in [2.45, 2.75) is 31.0 Å². The smallest absolute Gasteiger partial charge is 0.161 e. The molecule has 1 aliphatic carbocycles. The van der Waals surface area contributed by atoms with E-state index in [9.17, 15) is 13.2 Å². The fourth-order valence-electron chi connectivity index (χ4n) is 2.59. The third kappa shape index (κ3) is 2.51. The van der Waals surface area contributed by atoms with E-state index < -0.39 is 17.5 Å². The third-order valence-corrected chi connectivity index (χ3v) is 4.81. The Bertz CT molecular complexity index is 419. The van der Waals surface area contributed by atoms with E-state index >= 15 is 0 Å². The fraction of sp³-hybridized carbons (Fsp3) is 0.538. The molecule has 1 aromatic carbocycles. The summed E-state index contributed by atoms with van der Waals surface area (Å²) in [5.41, 5.74) is 0.225. The van der Waals surface area contributed by atoms with Crippen molar-refractivity contribution < 1.29 is 13.2 Å². The van der Waals surface area contributed by atoms with Gasteiger partial charge in [-0.25, -0.2) is 13.2 Å². The second-order valence-corrected chi connectivity index (χ2v) is 5.75. The Morgan fingerprint density at radius 3 is 2.35 bits per heavy atom. The molecule has 0 bridgehead atoms. The monoisotopic (exact) mass is 306 g/mol. The van der Waals surface area contributed by atoms with Gasteiger partial charge >= 0.3 is 0 Å². The van der Waals surface area contributed by atoms with E-state index in [1.165, 1.54) is 0 Å². The Morgan fingerprint density at radius 1 is 1.12 bits per heavy atom. The van der Waals surface area contributed by atoms with Gasteiger partial charge in [-0.3, -0.25) is 0 Å². The first-order chi connectivity index (χ1) is 8.00. The number of hydrogen-bond acceptors (Lipinski definition) is 0. The Labute approximate surface area is 107 Å². The standard InChI is InChI=1S/C13H14BrF3/c1-7-3-2-4-8(7)13(14)9-5-11(16)12(17)6-10(9)15/h5-8,13H,2-4H2,1H3. The summed E-state index contributed by atoms with van der Waals surface area (Å²) in [5.74, 6) is -2.03. The van der Waals surface area contributed by atoms with E-state index in [1.54, 1.807) is 0 Å². The van der Waals surface area contributed by atoms with Crippen molar-refractivity contribution in [1.29, 1.82) is 0 Å². The van der Waals surface area contributed by atoms with Gasteiger partial charge in [0.05, 0.1) is 0 Å². The summed E-state index contributed by atoms with van der Waals surface area (Å²) >= 11 is 3.43. The number of rotatable bonds is 2. The first-order valence-corrected chi connectivity index (χ1v) is 6.70. The molecule has 0 aliphatic heterocycles. The molecule has 0 spiro atoms. The molecular formula is C13H14BrF3. The molecule has 0 radical (unpaired) electrons. The topological polar surface area (TPSA) is 0 Å². The predicted octanol–water partition coefficient (Wildman–Crippen LogP) is 4.98. The maximum atomic E-state index is 13.6. The van der Waals surface area contributed by atoms with Crippen LogP contribution < -0.4 is 0 Å². The molecule has 0 saturated heterocycles. The molecule has 4 heteroatoms. The van der Waals surface area contributed by atoms with E-state index in [2.05, 4.69) is 22.9 Å². The minimum atomic E-state index is -1.13. The average molecular weight is 307 g/mol. The highest BCUT2D eigenvalue weighted by Gasteiger charge is 2.32. The van der Waals surface area contributed by atoms with Crippen molar-refractivity contribution in [3.05, 3.63) is 35.1 Å². The molecule has 94 valence electrons. The molecule has 0 aromatic heterocycles. The van der Waals surface area contributed by atoms with Crippen LogP contribution in [-0.2, 0) is 0 Å². The molecule has 0 heterocycles. The van der Waals surface area contributed by atoms with Crippen LogP contribution in [0.3, 0.4) is 0 Å². The first kappa shape index (κ1) is 12.9. The molecule has 2 rings (SSSR count). The van der Waals surface area contributed by atoms with E-state index in [1.807, 2.05) is 0 Å². The van der Waals surface area contributed by atoms with Crippen molar-refractivity contribution in [1.82, 2.24) is 0 Å². The van der Waals surface area contributed by atoms with Crippen molar-refractivity contribution in [2.75, 3.05) is 0 Å². The zero-order chi connectivity index (χ0) is 12.6. The van der Waals surface area contributed by atoms with E-state index in [0.29, 0.717) is 12.0 Å². The molecule has 1 aliphatic rings.